The molecular formula is C13H12IN3O. The molecule has 0 unspecified atom stereocenters. The fourth-order valence-electron chi connectivity index (χ4n) is 1.89. The average molecular weight is 353 g/mol. The Bertz CT molecular complexity index is 572. The van der Waals surface area contributed by atoms with E-state index in [1.54, 1.807) is 6.20 Å². The number of hydrogen-bond donors (Lipinski definition) is 1. The van der Waals surface area contributed by atoms with E-state index in [0.29, 0.717) is 17.6 Å². The second-order valence-electron chi connectivity index (χ2n) is 4.35. The van der Waals surface area contributed by atoms with Crippen molar-refractivity contribution in [3.8, 4) is 0 Å². The van der Waals surface area contributed by atoms with Gasteiger partial charge < -0.3 is 9.88 Å². The molecule has 1 amide bonds. The van der Waals surface area contributed by atoms with Crippen LogP contribution in [0.25, 0.3) is 0 Å². The maximum absolute atomic E-state index is 12.1. The number of nitrogens with one attached hydrogen (secondary N) is 1. The first-order chi connectivity index (χ1) is 8.74. The minimum Gasteiger partial charge on any atom is -0.340 e. The van der Waals surface area contributed by atoms with Gasteiger partial charge in [0.15, 0.2) is 0 Å². The molecule has 2 heterocycles. The number of hydrogen-bond acceptors (Lipinski definition) is 2. The maximum Gasteiger partial charge on any atom is 0.273 e. The summed E-state index contributed by atoms with van der Waals surface area (Å²) in [6.07, 6.45) is 6.03. The van der Waals surface area contributed by atoms with E-state index < -0.39 is 0 Å². The van der Waals surface area contributed by atoms with Crippen molar-refractivity contribution in [2.75, 3.05) is 5.32 Å². The van der Waals surface area contributed by atoms with Crippen LogP contribution in [0.5, 0.6) is 0 Å². The highest BCUT2D eigenvalue weighted by Crippen LogP contribution is 2.36. The third-order valence-corrected chi connectivity index (χ3v) is 3.56. The van der Waals surface area contributed by atoms with E-state index in [2.05, 4.69) is 32.9 Å². The lowest BCUT2D eigenvalue weighted by atomic mass is 10.3. The number of rotatable bonds is 3. The topological polar surface area (TPSA) is 46.9 Å². The smallest absolute Gasteiger partial charge is 0.273 e. The first-order valence-corrected chi connectivity index (χ1v) is 6.91. The zero-order chi connectivity index (χ0) is 12.5. The number of anilines is 1. The molecule has 1 aliphatic carbocycles. The molecule has 5 heteroatoms. The van der Waals surface area contributed by atoms with Crippen molar-refractivity contribution in [2.24, 2.45) is 0 Å². The van der Waals surface area contributed by atoms with Crippen LogP contribution in [0.2, 0.25) is 0 Å². The molecule has 0 aromatic carbocycles. The molecule has 3 rings (SSSR count). The molecule has 2 aromatic rings. The number of pyridine rings is 1. The van der Waals surface area contributed by atoms with Crippen LogP contribution in [0.1, 0.15) is 29.4 Å². The summed E-state index contributed by atoms with van der Waals surface area (Å²) in [5.41, 5.74) is 0.706. The number of carbonyl (C=O) groups excluding carboxylic acids is 1. The number of nitrogens with zero attached hydrogens (tertiary/aromatic N) is 2. The zero-order valence-electron chi connectivity index (χ0n) is 9.64. The molecule has 1 fully saturated rings. The van der Waals surface area contributed by atoms with Crippen LogP contribution >= 0.6 is 22.6 Å². The van der Waals surface area contributed by atoms with E-state index >= 15 is 0 Å². The Morgan fingerprint density at radius 2 is 2.22 bits per heavy atom. The quantitative estimate of drug-likeness (QED) is 0.863. The lowest BCUT2D eigenvalue weighted by Crippen LogP contribution is -2.17. The molecule has 0 saturated heterocycles. The van der Waals surface area contributed by atoms with Crippen molar-refractivity contribution in [3.63, 3.8) is 0 Å². The summed E-state index contributed by atoms with van der Waals surface area (Å²) in [6, 6.07) is 7.99. The van der Waals surface area contributed by atoms with Crippen molar-refractivity contribution >= 4 is 34.3 Å². The van der Waals surface area contributed by atoms with Gasteiger partial charge in [0.1, 0.15) is 11.5 Å². The fourth-order valence-corrected chi connectivity index (χ4v) is 2.21. The van der Waals surface area contributed by atoms with Gasteiger partial charge in [-0.2, -0.15) is 0 Å². The minimum atomic E-state index is -0.0967. The van der Waals surface area contributed by atoms with Crippen LogP contribution in [0.4, 0.5) is 5.82 Å². The standard InChI is InChI=1S/C13H12IN3O/c14-9-3-6-12(15-8-9)16-13(18)11-2-1-7-17(11)10-4-5-10/h1-3,6-8,10H,4-5H2,(H,15,16,18). The van der Waals surface area contributed by atoms with Crippen LogP contribution in [-0.4, -0.2) is 15.5 Å². The molecule has 0 spiro atoms. The van der Waals surface area contributed by atoms with Crippen molar-refractivity contribution < 1.29 is 4.79 Å². The lowest BCUT2D eigenvalue weighted by molar-refractivity contribution is 0.101. The van der Waals surface area contributed by atoms with Crippen LogP contribution < -0.4 is 5.32 Å². The molecule has 1 N–H and O–H groups in total. The van der Waals surface area contributed by atoms with Gasteiger partial charge in [0, 0.05) is 22.0 Å². The number of halogens is 1. The van der Waals surface area contributed by atoms with Crippen LogP contribution in [0, 0.1) is 3.57 Å². The van der Waals surface area contributed by atoms with Gasteiger partial charge in [-0.25, -0.2) is 4.98 Å². The normalized spacial score (nSPS) is 14.5. The molecular weight excluding hydrogens is 341 g/mol. The monoisotopic (exact) mass is 353 g/mol. The molecule has 2 aromatic heterocycles. The van der Waals surface area contributed by atoms with Gasteiger partial charge in [-0.15, -0.1) is 0 Å². The first kappa shape index (κ1) is 11.7. The highest BCUT2D eigenvalue weighted by atomic mass is 127. The summed E-state index contributed by atoms with van der Waals surface area (Å²) < 4.78 is 3.09. The number of amides is 1. The highest BCUT2D eigenvalue weighted by molar-refractivity contribution is 14.1. The van der Waals surface area contributed by atoms with E-state index in [-0.39, 0.29) is 5.91 Å². The van der Waals surface area contributed by atoms with E-state index in [4.69, 9.17) is 0 Å². The number of carbonyl (C=O) groups is 1. The van der Waals surface area contributed by atoms with Gasteiger partial charge in [-0.3, -0.25) is 4.79 Å². The Morgan fingerprint density at radius 1 is 1.39 bits per heavy atom. The van der Waals surface area contributed by atoms with Crippen LogP contribution in [0.15, 0.2) is 36.7 Å². The van der Waals surface area contributed by atoms with E-state index in [9.17, 15) is 4.79 Å². The molecule has 18 heavy (non-hydrogen) atoms. The average Bonchev–Trinajstić information content (AvgIpc) is 3.09. The van der Waals surface area contributed by atoms with Gasteiger partial charge >= 0.3 is 0 Å². The first-order valence-electron chi connectivity index (χ1n) is 5.84. The molecule has 1 saturated carbocycles. The summed E-state index contributed by atoms with van der Waals surface area (Å²) in [5.74, 6) is 0.490. The Hall–Kier alpha value is -1.37. The minimum absolute atomic E-state index is 0.0967. The summed E-state index contributed by atoms with van der Waals surface area (Å²) in [6.45, 7) is 0. The van der Waals surface area contributed by atoms with Gasteiger partial charge in [0.25, 0.3) is 5.91 Å². The second-order valence-corrected chi connectivity index (χ2v) is 5.59. The predicted molar refractivity (Wildman–Crippen MR) is 77.6 cm³/mol. The van der Waals surface area contributed by atoms with Crippen molar-refractivity contribution in [2.45, 2.75) is 18.9 Å². The molecule has 0 aliphatic heterocycles. The van der Waals surface area contributed by atoms with E-state index in [0.717, 1.165) is 16.4 Å². The van der Waals surface area contributed by atoms with Crippen LogP contribution in [0.3, 0.4) is 0 Å². The molecule has 1 aliphatic rings. The van der Waals surface area contributed by atoms with Crippen molar-refractivity contribution in [1.29, 1.82) is 0 Å². The van der Waals surface area contributed by atoms with Gasteiger partial charge in [0.05, 0.1) is 0 Å². The van der Waals surface area contributed by atoms with Gasteiger partial charge in [-0.05, 0) is 59.7 Å². The zero-order valence-corrected chi connectivity index (χ0v) is 11.8. The third kappa shape index (κ3) is 2.40. The largest absolute Gasteiger partial charge is 0.340 e. The van der Waals surface area contributed by atoms with Crippen molar-refractivity contribution in [3.05, 3.63) is 45.9 Å². The fraction of sp³-hybridized carbons (Fsp3) is 0.231. The second kappa shape index (κ2) is 4.72. The van der Waals surface area contributed by atoms with Crippen LogP contribution in [-0.2, 0) is 0 Å². The Kier molecular flexibility index (Phi) is 3.07. The summed E-state index contributed by atoms with van der Waals surface area (Å²) in [7, 11) is 0. The van der Waals surface area contributed by atoms with Gasteiger partial charge in [0.2, 0.25) is 0 Å². The van der Waals surface area contributed by atoms with Gasteiger partial charge in [-0.1, -0.05) is 0 Å². The Labute approximate surface area is 119 Å². The highest BCUT2D eigenvalue weighted by Gasteiger charge is 2.26. The molecule has 92 valence electrons. The molecule has 0 radical (unpaired) electrons. The maximum atomic E-state index is 12.1. The molecule has 0 atom stereocenters. The lowest BCUT2D eigenvalue weighted by Gasteiger charge is -2.08. The number of aromatic nitrogens is 2. The van der Waals surface area contributed by atoms with E-state index in [1.165, 1.54) is 0 Å². The predicted octanol–water partition coefficient (Wildman–Crippen LogP) is 3.07. The SMILES string of the molecule is O=C(Nc1ccc(I)cn1)c1cccn1C1CC1. The molecule has 4 nitrogen and oxygen atoms in total. The summed E-state index contributed by atoms with van der Waals surface area (Å²) in [4.78, 5) is 16.3. The van der Waals surface area contributed by atoms with E-state index in [1.807, 2.05) is 35.0 Å². The third-order valence-electron chi connectivity index (χ3n) is 2.92. The molecule has 0 bridgehead atoms. The van der Waals surface area contributed by atoms with Crippen molar-refractivity contribution in [1.82, 2.24) is 9.55 Å². The summed E-state index contributed by atoms with van der Waals surface area (Å²) in [5, 5.41) is 2.82. The summed E-state index contributed by atoms with van der Waals surface area (Å²) >= 11 is 2.18. The Balaban J connectivity index is 1.78. The Morgan fingerprint density at radius 3 is 2.89 bits per heavy atom.